The number of allylic oxidation sites excluding steroid dienone is 3. The Morgan fingerprint density at radius 1 is 1.25 bits per heavy atom. The van der Waals surface area contributed by atoms with E-state index in [1.54, 1.807) is 6.08 Å². The van der Waals surface area contributed by atoms with E-state index in [0.29, 0.717) is 0 Å². The number of hydrogen-bond donors (Lipinski definition) is 1. The first-order valence-electron chi connectivity index (χ1n) is 5.84. The van der Waals surface area contributed by atoms with Crippen LogP contribution in [0.5, 0.6) is 0 Å². The molecule has 0 saturated carbocycles. The maximum absolute atomic E-state index is 10.1. The van der Waals surface area contributed by atoms with Gasteiger partial charge in [-0.05, 0) is 5.56 Å². The summed E-state index contributed by atoms with van der Waals surface area (Å²) < 4.78 is 3.95. The molecule has 0 aromatic heterocycles. The highest BCUT2D eigenvalue weighted by molar-refractivity contribution is 5.95. The van der Waals surface area contributed by atoms with Gasteiger partial charge < -0.3 is 9.84 Å². The Balaban J connectivity index is 0.000000217. The number of hydrogen-bond acceptors (Lipinski definition) is 5. The molecule has 5 nitrogen and oxygen atoms in total. The smallest absolute Gasteiger partial charge is 0.343 e. The highest BCUT2D eigenvalue weighted by Crippen LogP contribution is 2.05. The number of carbonyl (C=O) groups excluding carboxylic acids is 2. The quantitative estimate of drug-likeness (QED) is 0.382. The zero-order chi connectivity index (χ0) is 14.8. The molecule has 1 atom stereocenters. The fourth-order valence-electron chi connectivity index (χ4n) is 1.29. The number of esters is 2. The lowest BCUT2D eigenvalue weighted by atomic mass is 10.2. The van der Waals surface area contributed by atoms with E-state index in [1.165, 1.54) is 6.08 Å². The number of nitrogens with zero attached hydrogens (tertiary/aromatic N) is 1. The van der Waals surface area contributed by atoms with Crippen molar-refractivity contribution < 1.29 is 19.4 Å². The summed E-state index contributed by atoms with van der Waals surface area (Å²) in [6, 6.07) is 11.9. The minimum absolute atomic E-state index is 0.196. The van der Waals surface area contributed by atoms with Gasteiger partial charge in [0.15, 0.2) is 6.10 Å². The van der Waals surface area contributed by atoms with Gasteiger partial charge in [0, 0.05) is 6.08 Å². The Kier molecular flexibility index (Phi) is 6.45. The highest BCUT2D eigenvalue weighted by Gasteiger charge is 2.30. The molecule has 1 unspecified atom stereocenters. The van der Waals surface area contributed by atoms with Crippen LogP contribution >= 0.6 is 0 Å². The van der Waals surface area contributed by atoms with E-state index in [2.05, 4.69) is 4.74 Å². The molecule has 0 amide bonds. The second-order valence-corrected chi connectivity index (χ2v) is 3.77. The standard InChI is InChI=1S/C11H9N.C4H4O4/c12-10-6-2-5-9-11-7-3-1-4-8-11;5-2-1-3(6)8-4(2)7/h1-9H;2,5H,1H2. The van der Waals surface area contributed by atoms with Crippen molar-refractivity contribution >= 4 is 18.0 Å². The largest absolute Gasteiger partial charge is 0.391 e. The molecule has 20 heavy (non-hydrogen) atoms. The van der Waals surface area contributed by atoms with Gasteiger partial charge in [0.05, 0.1) is 12.5 Å². The number of cyclic esters (lactones) is 2. The van der Waals surface area contributed by atoms with Crippen LogP contribution in [-0.4, -0.2) is 23.1 Å². The molecule has 0 bridgehead atoms. The Morgan fingerprint density at radius 2 is 1.95 bits per heavy atom. The molecule has 0 aliphatic carbocycles. The molecule has 0 spiro atoms. The normalized spacial score (nSPS) is 17.7. The molecule has 1 aliphatic rings. The van der Waals surface area contributed by atoms with Crippen molar-refractivity contribution in [2.75, 3.05) is 0 Å². The van der Waals surface area contributed by atoms with Crippen LogP contribution in [0.1, 0.15) is 12.0 Å². The van der Waals surface area contributed by atoms with Crippen LogP contribution < -0.4 is 0 Å². The molecule has 1 fully saturated rings. The van der Waals surface area contributed by atoms with Crippen LogP contribution in [0.15, 0.2) is 48.6 Å². The lowest BCUT2D eigenvalue weighted by molar-refractivity contribution is -0.154. The fraction of sp³-hybridized carbons (Fsp3) is 0.133. The topological polar surface area (TPSA) is 87.4 Å². The summed E-state index contributed by atoms with van der Waals surface area (Å²) in [6.07, 6.45) is 5.54. The van der Waals surface area contributed by atoms with Crippen molar-refractivity contribution in [3.8, 4) is 6.07 Å². The Morgan fingerprint density at radius 3 is 2.40 bits per heavy atom. The van der Waals surface area contributed by atoms with Gasteiger partial charge in [-0.1, -0.05) is 48.6 Å². The summed E-state index contributed by atoms with van der Waals surface area (Å²) in [5, 5.41) is 16.7. The Labute approximate surface area is 116 Å². The van der Waals surface area contributed by atoms with Gasteiger partial charge in [-0.2, -0.15) is 5.26 Å². The van der Waals surface area contributed by atoms with Crippen molar-refractivity contribution in [1.29, 1.82) is 5.26 Å². The summed E-state index contributed by atoms with van der Waals surface area (Å²) in [7, 11) is 0. The summed E-state index contributed by atoms with van der Waals surface area (Å²) in [6.45, 7) is 0. The van der Waals surface area contributed by atoms with Crippen LogP contribution in [0.3, 0.4) is 0 Å². The number of nitriles is 1. The number of carbonyl (C=O) groups is 2. The molecule has 1 aromatic rings. The third-order valence-corrected chi connectivity index (χ3v) is 2.22. The highest BCUT2D eigenvalue weighted by atomic mass is 16.6. The molecule has 0 radical (unpaired) electrons. The van der Waals surface area contributed by atoms with Gasteiger partial charge in [-0.3, -0.25) is 4.79 Å². The number of benzene rings is 1. The number of aliphatic hydroxyl groups is 1. The summed E-state index contributed by atoms with van der Waals surface area (Å²) in [5.41, 5.74) is 1.14. The number of ether oxygens (including phenoxy) is 1. The van der Waals surface area contributed by atoms with E-state index in [0.717, 1.165) is 5.56 Å². The molecule has 1 N–H and O–H groups in total. The number of rotatable bonds is 2. The van der Waals surface area contributed by atoms with Crippen LogP contribution in [0.2, 0.25) is 0 Å². The second kappa shape index (κ2) is 8.40. The summed E-state index contributed by atoms with van der Waals surface area (Å²) >= 11 is 0. The molecule has 5 heteroatoms. The monoisotopic (exact) mass is 271 g/mol. The van der Waals surface area contributed by atoms with Crippen molar-refractivity contribution in [2.45, 2.75) is 12.5 Å². The Bertz CT molecular complexity index is 555. The average molecular weight is 271 g/mol. The van der Waals surface area contributed by atoms with E-state index in [-0.39, 0.29) is 6.42 Å². The minimum Gasteiger partial charge on any atom is -0.391 e. The summed E-state index contributed by atoms with van der Waals surface area (Å²) in [5.74, 6) is -1.49. The van der Waals surface area contributed by atoms with Crippen molar-refractivity contribution in [3.63, 3.8) is 0 Å². The molecule has 1 aromatic carbocycles. The van der Waals surface area contributed by atoms with Crippen LogP contribution in [0, 0.1) is 11.3 Å². The van der Waals surface area contributed by atoms with Gasteiger partial charge >= 0.3 is 11.9 Å². The first kappa shape index (κ1) is 15.3. The maximum atomic E-state index is 10.1. The van der Waals surface area contributed by atoms with Crippen LogP contribution in [-0.2, 0) is 14.3 Å². The van der Waals surface area contributed by atoms with Crippen molar-refractivity contribution in [3.05, 3.63) is 54.1 Å². The predicted molar refractivity (Wildman–Crippen MR) is 72.0 cm³/mol. The van der Waals surface area contributed by atoms with Gasteiger partial charge in [0.25, 0.3) is 0 Å². The first-order chi connectivity index (χ1) is 9.63. The minimum atomic E-state index is -1.22. The van der Waals surface area contributed by atoms with Gasteiger partial charge in [-0.25, -0.2) is 4.79 Å². The van der Waals surface area contributed by atoms with Crippen molar-refractivity contribution in [1.82, 2.24) is 0 Å². The third-order valence-electron chi connectivity index (χ3n) is 2.22. The lowest BCUT2D eigenvalue weighted by Crippen LogP contribution is -2.11. The molecule has 1 saturated heterocycles. The Hall–Kier alpha value is -2.71. The van der Waals surface area contributed by atoms with E-state index >= 15 is 0 Å². The van der Waals surface area contributed by atoms with Crippen LogP contribution in [0.25, 0.3) is 6.08 Å². The molecule has 2 rings (SSSR count). The fourth-order valence-corrected chi connectivity index (χ4v) is 1.29. The SMILES string of the molecule is N#CC=CC=Cc1ccccc1.O=C1CC(O)C(=O)O1. The molecular weight excluding hydrogens is 258 g/mol. The van der Waals surface area contributed by atoms with Gasteiger partial charge in [0.1, 0.15) is 0 Å². The zero-order valence-corrected chi connectivity index (χ0v) is 10.6. The lowest BCUT2D eigenvalue weighted by Gasteiger charge is -1.87. The average Bonchev–Trinajstić information content (AvgIpc) is 2.73. The van der Waals surface area contributed by atoms with Gasteiger partial charge in [0.2, 0.25) is 0 Å². The molecule has 102 valence electrons. The second-order valence-electron chi connectivity index (χ2n) is 3.77. The first-order valence-corrected chi connectivity index (χ1v) is 5.84. The molecule has 1 aliphatic heterocycles. The third kappa shape index (κ3) is 5.76. The zero-order valence-electron chi connectivity index (χ0n) is 10.6. The van der Waals surface area contributed by atoms with E-state index < -0.39 is 18.0 Å². The maximum Gasteiger partial charge on any atom is 0.343 e. The molecular formula is C15H13NO4. The van der Waals surface area contributed by atoms with E-state index in [9.17, 15) is 9.59 Å². The van der Waals surface area contributed by atoms with Gasteiger partial charge in [-0.15, -0.1) is 0 Å². The van der Waals surface area contributed by atoms with Crippen molar-refractivity contribution in [2.24, 2.45) is 0 Å². The number of aliphatic hydroxyl groups excluding tert-OH is 1. The van der Waals surface area contributed by atoms with Crippen LogP contribution in [0.4, 0.5) is 0 Å². The molecule has 1 heterocycles. The predicted octanol–water partition coefficient (Wildman–Crippen LogP) is 1.60. The summed E-state index contributed by atoms with van der Waals surface area (Å²) in [4.78, 5) is 20.2. The van der Waals surface area contributed by atoms with E-state index in [4.69, 9.17) is 10.4 Å². The van der Waals surface area contributed by atoms with E-state index in [1.807, 2.05) is 48.6 Å².